The molecular weight excluding hydrogens is 116 g/mol. The van der Waals surface area contributed by atoms with Gasteiger partial charge in [0.2, 0.25) is 0 Å². The number of hydrogen-bond acceptors (Lipinski definition) is 3. The van der Waals surface area contributed by atoms with Gasteiger partial charge in [-0.05, 0) is 12.8 Å². The van der Waals surface area contributed by atoms with E-state index in [4.69, 9.17) is 10.5 Å². The fourth-order valence-corrected chi connectivity index (χ4v) is 0.370. The van der Waals surface area contributed by atoms with Crippen LogP contribution < -0.4 is 5.73 Å². The number of methoxy groups -OCH3 is 1. The second-order valence-corrected chi connectivity index (χ2v) is 1.32. The number of ether oxygens (including phenoxy) is 1. The molecule has 0 saturated carbocycles. The van der Waals surface area contributed by atoms with Gasteiger partial charge in [0.25, 0.3) is 0 Å². The average molecular weight is 126 g/mol. The van der Waals surface area contributed by atoms with E-state index < -0.39 is 0 Å². The minimum absolute atomic E-state index is 0.257. The lowest BCUT2D eigenvalue weighted by Gasteiger charge is -1.99. The minimum Gasteiger partial charge on any atom is -0.493 e. The molecule has 0 amide bonds. The lowest BCUT2D eigenvalue weighted by molar-refractivity contribution is 0.301. The van der Waals surface area contributed by atoms with Crippen LogP contribution in [0.15, 0.2) is 29.2 Å². The molecule has 0 heterocycles. The standard InChI is InChI=1S/C6H10N2O/c1-4-5(9-3)6(7)8-2/h4H,1-2,7H2,3H3/b6-5+. The lowest BCUT2D eigenvalue weighted by Crippen LogP contribution is -1.98. The summed E-state index contributed by atoms with van der Waals surface area (Å²) in [7, 11) is 1.50. The van der Waals surface area contributed by atoms with Crippen molar-refractivity contribution < 1.29 is 4.74 Å². The van der Waals surface area contributed by atoms with Gasteiger partial charge in [0.1, 0.15) is 0 Å². The van der Waals surface area contributed by atoms with Crippen molar-refractivity contribution in [2.24, 2.45) is 10.7 Å². The molecule has 2 N–H and O–H groups in total. The molecule has 0 aliphatic heterocycles. The van der Waals surface area contributed by atoms with Gasteiger partial charge < -0.3 is 10.5 Å². The molecule has 0 aliphatic carbocycles. The summed E-state index contributed by atoms with van der Waals surface area (Å²) in [5, 5.41) is 0. The van der Waals surface area contributed by atoms with Crippen LogP contribution in [0.5, 0.6) is 0 Å². The first kappa shape index (κ1) is 7.75. The van der Waals surface area contributed by atoms with Crippen molar-refractivity contribution in [3.63, 3.8) is 0 Å². The van der Waals surface area contributed by atoms with Crippen molar-refractivity contribution in [1.29, 1.82) is 0 Å². The van der Waals surface area contributed by atoms with Crippen molar-refractivity contribution in [2.75, 3.05) is 7.11 Å². The number of nitrogens with two attached hydrogens (primary N) is 1. The van der Waals surface area contributed by atoms with E-state index in [-0.39, 0.29) is 5.82 Å². The molecule has 0 radical (unpaired) electrons. The predicted octanol–water partition coefficient (Wildman–Crippen LogP) is 0.647. The Hall–Kier alpha value is -1.25. The van der Waals surface area contributed by atoms with Crippen molar-refractivity contribution in [3.8, 4) is 0 Å². The normalized spacial score (nSPS) is 11.7. The highest BCUT2D eigenvalue weighted by Gasteiger charge is 1.92. The van der Waals surface area contributed by atoms with E-state index >= 15 is 0 Å². The molecule has 0 aromatic carbocycles. The molecule has 0 atom stereocenters. The van der Waals surface area contributed by atoms with Crippen LogP contribution in [0.1, 0.15) is 0 Å². The first-order valence-corrected chi connectivity index (χ1v) is 2.39. The van der Waals surface area contributed by atoms with Crippen LogP contribution in [0, 0.1) is 0 Å². The molecule has 3 heteroatoms. The molecule has 0 aromatic rings. The van der Waals surface area contributed by atoms with Gasteiger partial charge in [0.05, 0.1) is 7.11 Å². The Morgan fingerprint density at radius 3 is 2.44 bits per heavy atom. The van der Waals surface area contributed by atoms with Gasteiger partial charge in [-0.3, -0.25) is 0 Å². The summed E-state index contributed by atoms with van der Waals surface area (Å²) in [6.07, 6.45) is 1.48. The Morgan fingerprint density at radius 2 is 2.33 bits per heavy atom. The van der Waals surface area contributed by atoms with Crippen LogP contribution >= 0.6 is 0 Å². The van der Waals surface area contributed by atoms with Crippen molar-refractivity contribution >= 4 is 6.72 Å². The zero-order chi connectivity index (χ0) is 7.28. The Morgan fingerprint density at radius 1 is 1.78 bits per heavy atom. The van der Waals surface area contributed by atoms with Crippen molar-refractivity contribution in [2.45, 2.75) is 0 Å². The van der Waals surface area contributed by atoms with E-state index in [1.54, 1.807) is 0 Å². The van der Waals surface area contributed by atoms with E-state index in [2.05, 4.69) is 18.3 Å². The highest BCUT2D eigenvalue weighted by atomic mass is 16.5. The van der Waals surface area contributed by atoms with Gasteiger partial charge in [0, 0.05) is 0 Å². The Kier molecular flexibility index (Phi) is 3.20. The summed E-state index contributed by atoms with van der Waals surface area (Å²) in [5.74, 6) is 0.706. The highest BCUT2D eigenvalue weighted by molar-refractivity contribution is 5.30. The lowest BCUT2D eigenvalue weighted by atomic mass is 10.5. The molecule has 0 aliphatic rings. The molecule has 0 rings (SSSR count). The zero-order valence-electron chi connectivity index (χ0n) is 5.42. The van der Waals surface area contributed by atoms with Gasteiger partial charge >= 0.3 is 0 Å². The molecule has 9 heavy (non-hydrogen) atoms. The molecule has 0 aromatic heterocycles. The Balaban J connectivity index is 4.36. The SMILES string of the molecule is C=C/C(OC)=C(/N)N=C. The Labute approximate surface area is 54.5 Å². The number of aliphatic imine (C=N–C) groups is 1. The first-order valence-electron chi connectivity index (χ1n) is 2.39. The van der Waals surface area contributed by atoms with Crippen LogP contribution in [-0.2, 0) is 4.74 Å². The topological polar surface area (TPSA) is 47.6 Å². The molecule has 0 spiro atoms. The van der Waals surface area contributed by atoms with Crippen LogP contribution in [0.4, 0.5) is 0 Å². The predicted molar refractivity (Wildman–Crippen MR) is 38.0 cm³/mol. The summed E-state index contributed by atoms with van der Waals surface area (Å²) in [4.78, 5) is 3.44. The summed E-state index contributed by atoms with van der Waals surface area (Å²) in [6.45, 7) is 6.67. The summed E-state index contributed by atoms with van der Waals surface area (Å²) in [6, 6.07) is 0. The quantitative estimate of drug-likeness (QED) is 0.343. The van der Waals surface area contributed by atoms with Crippen LogP contribution in [0.3, 0.4) is 0 Å². The molecule has 50 valence electrons. The fraction of sp³-hybridized carbons (Fsp3) is 0.167. The third-order valence-corrected chi connectivity index (χ3v) is 0.828. The fourth-order valence-electron chi connectivity index (χ4n) is 0.370. The molecule has 3 nitrogen and oxygen atoms in total. The number of allylic oxidation sites excluding steroid dienone is 1. The minimum atomic E-state index is 0.257. The zero-order valence-corrected chi connectivity index (χ0v) is 5.42. The van der Waals surface area contributed by atoms with Crippen molar-refractivity contribution in [3.05, 3.63) is 24.2 Å². The summed E-state index contributed by atoms with van der Waals surface area (Å²) in [5.41, 5.74) is 5.29. The maximum atomic E-state index is 5.29. The number of hydrogen-bond donors (Lipinski definition) is 1. The van der Waals surface area contributed by atoms with Gasteiger partial charge in [-0.25, -0.2) is 4.99 Å². The summed E-state index contributed by atoms with van der Waals surface area (Å²) >= 11 is 0. The van der Waals surface area contributed by atoms with Crippen LogP contribution in [-0.4, -0.2) is 13.8 Å². The Bertz CT molecular complexity index is 149. The molecule has 0 bridgehead atoms. The van der Waals surface area contributed by atoms with Gasteiger partial charge in [-0.15, -0.1) is 0 Å². The van der Waals surface area contributed by atoms with Gasteiger partial charge in [-0.1, -0.05) is 6.58 Å². The first-order chi connectivity index (χ1) is 4.26. The largest absolute Gasteiger partial charge is 0.493 e. The number of rotatable bonds is 3. The van der Waals surface area contributed by atoms with Gasteiger partial charge in [-0.2, -0.15) is 0 Å². The second-order valence-electron chi connectivity index (χ2n) is 1.32. The number of nitrogens with zero attached hydrogens (tertiary/aromatic N) is 1. The smallest absolute Gasteiger partial charge is 0.165 e. The van der Waals surface area contributed by atoms with E-state index in [1.165, 1.54) is 13.2 Å². The maximum Gasteiger partial charge on any atom is 0.165 e. The molecule has 0 unspecified atom stereocenters. The van der Waals surface area contributed by atoms with E-state index in [0.717, 1.165) is 0 Å². The van der Waals surface area contributed by atoms with E-state index in [1.807, 2.05) is 0 Å². The summed E-state index contributed by atoms with van der Waals surface area (Å²) < 4.78 is 4.75. The third-order valence-electron chi connectivity index (χ3n) is 0.828. The maximum absolute atomic E-state index is 5.29. The highest BCUT2D eigenvalue weighted by Crippen LogP contribution is 1.99. The van der Waals surface area contributed by atoms with E-state index in [0.29, 0.717) is 5.76 Å². The van der Waals surface area contributed by atoms with Gasteiger partial charge in [0.15, 0.2) is 11.6 Å². The van der Waals surface area contributed by atoms with Crippen LogP contribution in [0.2, 0.25) is 0 Å². The van der Waals surface area contributed by atoms with Crippen LogP contribution in [0.25, 0.3) is 0 Å². The molecule has 0 saturated heterocycles. The average Bonchev–Trinajstić information content (AvgIpc) is 1.90. The molecular formula is C6H10N2O. The molecule has 0 fully saturated rings. The van der Waals surface area contributed by atoms with E-state index in [9.17, 15) is 0 Å². The monoisotopic (exact) mass is 126 g/mol. The third kappa shape index (κ3) is 1.99. The second kappa shape index (κ2) is 3.72. The van der Waals surface area contributed by atoms with Crippen molar-refractivity contribution in [1.82, 2.24) is 0 Å².